The molecule has 31 heavy (non-hydrogen) atoms. The van der Waals surface area contributed by atoms with E-state index < -0.39 is 0 Å². The zero-order valence-electron chi connectivity index (χ0n) is 18.3. The number of hydrogen-bond acceptors (Lipinski definition) is 4. The van der Waals surface area contributed by atoms with Crippen molar-refractivity contribution in [3.8, 4) is 5.75 Å². The molecule has 4 rings (SSSR count). The predicted octanol–water partition coefficient (Wildman–Crippen LogP) is 5.36. The van der Waals surface area contributed by atoms with Gasteiger partial charge in [-0.1, -0.05) is 13.8 Å². The Morgan fingerprint density at radius 1 is 1.13 bits per heavy atom. The smallest absolute Gasteiger partial charge is 0.176 e. The number of likely N-dealkylation sites (tertiary alicyclic amines) is 1. The average Bonchev–Trinajstić information content (AvgIpc) is 3.22. The Balaban J connectivity index is 1.41. The maximum Gasteiger partial charge on any atom is 0.176 e. The van der Waals surface area contributed by atoms with Crippen LogP contribution in [0.25, 0.3) is 11.0 Å². The van der Waals surface area contributed by atoms with Crippen LogP contribution in [0.5, 0.6) is 5.75 Å². The van der Waals surface area contributed by atoms with Gasteiger partial charge in [0, 0.05) is 11.9 Å². The van der Waals surface area contributed by atoms with Crippen LogP contribution in [0, 0.1) is 0 Å². The van der Waals surface area contributed by atoms with Crippen LogP contribution in [-0.2, 0) is 0 Å². The molecule has 3 N–H and O–H groups in total. The molecule has 1 aliphatic heterocycles. The lowest BCUT2D eigenvalue weighted by Gasteiger charge is -2.30. The number of fused-ring (bicyclic) bond motifs is 1. The lowest BCUT2D eigenvalue weighted by atomic mass is 9.90. The third-order valence-corrected chi connectivity index (χ3v) is 6.06. The summed E-state index contributed by atoms with van der Waals surface area (Å²) in [6, 6.07) is 11.8. The van der Waals surface area contributed by atoms with Crippen molar-refractivity contribution in [2.45, 2.75) is 39.0 Å². The van der Waals surface area contributed by atoms with E-state index in [1.165, 1.54) is 18.4 Å². The fourth-order valence-electron chi connectivity index (χ4n) is 4.09. The first-order valence-corrected chi connectivity index (χ1v) is 11.6. The number of anilines is 2. The summed E-state index contributed by atoms with van der Waals surface area (Å²) in [7, 11) is 0. The zero-order valence-corrected chi connectivity index (χ0v) is 19.1. The molecule has 1 aliphatic rings. The molecule has 1 fully saturated rings. The molecule has 0 spiro atoms. The van der Waals surface area contributed by atoms with Crippen LogP contribution >= 0.6 is 12.2 Å². The van der Waals surface area contributed by atoms with E-state index in [-0.39, 0.29) is 0 Å². The van der Waals surface area contributed by atoms with Gasteiger partial charge in [0.1, 0.15) is 11.6 Å². The number of nitrogens with zero attached hydrogens (tertiary/aromatic N) is 2. The van der Waals surface area contributed by atoms with Crippen LogP contribution in [0.4, 0.5) is 11.5 Å². The van der Waals surface area contributed by atoms with Gasteiger partial charge in [-0.05, 0) is 99.0 Å². The number of ether oxygens (including phenoxy) is 1. The van der Waals surface area contributed by atoms with Gasteiger partial charge < -0.3 is 25.3 Å². The van der Waals surface area contributed by atoms with Gasteiger partial charge in [0.2, 0.25) is 0 Å². The Bertz CT molecular complexity index is 1010. The molecule has 0 radical (unpaired) electrons. The van der Waals surface area contributed by atoms with Gasteiger partial charge >= 0.3 is 0 Å². The molecule has 3 aromatic rings. The third kappa shape index (κ3) is 5.35. The summed E-state index contributed by atoms with van der Waals surface area (Å²) in [4.78, 5) is 10.8. The summed E-state index contributed by atoms with van der Waals surface area (Å²) in [6.07, 6.45) is 5.48. The first-order valence-electron chi connectivity index (χ1n) is 11.2. The number of pyridine rings is 1. The molecule has 0 unspecified atom stereocenters. The summed E-state index contributed by atoms with van der Waals surface area (Å²) in [6.45, 7) is 8.49. The number of benzene rings is 1. The molecule has 3 heterocycles. The number of rotatable bonds is 7. The minimum Gasteiger partial charge on any atom is -0.494 e. The topological polar surface area (TPSA) is 65.2 Å². The van der Waals surface area contributed by atoms with Crippen molar-refractivity contribution in [1.82, 2.24) is 14.9 Å². The van der Waals surface area contributed by atoms with E-state index in [9.17, 15) is 0 Å². The molecule has 164 valence electrons. The van der Waals surface area contributed by atoms with Crippen molar-refractivity contribution in [2.75, 3.05) is 36.9 Å². The summed E-state index contributed by atoms with van der Waals surface area (Å²) >= 11 is 5.50. The minimum absolute atomic E-state index is 0.516. The molecule has 1 aromatic carbocycles. The van der Waals surface area contributed by atoms with Gasteiger partial charge in [0.25, 0.3) is 0 Å². The van der Waals surface area contributed by atoms with E-state index in [0.717, 1.165) is 61.0 Å². The van der Waals surface area contributed by atoms with Gasteiger partial charge in [0.05, 0.1) is 17.6 Å². The average molecular weight is 438 g/mol. The van der Waals surface area contributed by atoms with Crippen LogP contribution in [0.1, 0.15) is 44.6 Å². The maximum absolute atomic E-state index is 5.63. The predicted molar refractivity (Wildman–Crippen MR) is 132 cm³/mol. The summed E-state index contributed by atoms with van der Waals surface area (Å²) in [5.74, 6) is 2.17. The molecule has 0 atom stereocenters. The van der Waals surface area contributed by atoms with E-state index in [1.807, 2.05) is 30.3 Å². The molecule has 0 saturated carbocycles. The number of hydrogen-bond donors (Lipinski definition) is 3. The van der Waals surface area contributed by atoms with Crippen molar-refractivity contribution in [1.29, 1.82) is 0 Å². The fourth-order valence-corrected chi connectivity index (χ4v) is 4.32. The summed E-state index contributed by atoms with van der Waals surface area (Å²) in [5.41, 5.74) is 4.34. The Morgan fingerprint density at radius 3 is 2.61 bits per heavy atom. The molecule has 7 heteroatoms. The number of H-pyrrole nitrogens is 1. The number of thiocarbonyl (C=S) groups is 1. The highest BCUT2D eigenvalue weighted by molar-refractivity contribution is 7.80. The number of piperidine rings is 1. The Labute approximate surface area is 189 Å². The van der Waals surface area contributed by atoms with Gasteiger partial charge in [-0.25, -0.2) is 4.98 Å². The van der Waals surface area contributed by atoms with Crippen LogP contribution in [-0.4, -0.2) is 46.2 Å². The van der Waals surface area contributed by atoms with E-state index in [0.29, 0.717) is 11.0 Å². The molecule has 0 bridgehead atoms. The monoisotopic (exact) mass is 437 g/mol. The largest absolute Gasteiger partial charge is 0.494 e. The maximum atomic E-state index is 5.63. The second-order valence-electron chi connectivity index (χ2n) is 8.00. The van der Waals surface area contributed by atoms with E-state index in [2.05, 4.69) is 46.6 Å². The number of aromatic nitrogens is 2. The van der Waals surface area contributed by atoms with Crippen molar-refractivity contribution in [3.63, 3.8) is 0 Å². The summed E-state index contributed by atoms with van der Waals surface area (Å²) in [5, 5.41) is 6.96. The molecule has 1 saturated heterocycles. The SMILES string of the molecule is CCCOc1ccc(NC(=S)Nc2ccc3[nH]cc(C4CCN(CC)CC4)c3n2)cc1. The highest BCUT2D eigenvalue weighted by Gasteiger charge is 2.22. The molecular formula is C24H31N5OS. The first kappa shape index (κ1) is 21.6. The quantitative estimate of drug-likeness (QED) is 0.433. The van der Waals surface area contributed by atoms with Gasteiger partial charge in [-0.2, -0.15) is 0 Å². The van der Waals surface area contributed by atoms with E-state index >= 15 is 0 Å². The second kappa shape index (κ2) is 10.1. The third-order valence-electron chi connectivity index (χ3n) is 5.85. The Morgan fingerprint density at radius 2 is 1.90 bits per heavy atom. The van der Waals surface area contributed by atoms with Crippen molar-refractivity contribution >= 4 is 39.9 Å². The molecular weight excluding hydrogens is 406 g/mol. The van der Waals surface area contributed by atoms with Crippen LogP contribution < -0.4 is 15.4 Å². The standard InChI is InChI=1S/C24H31N5OS/c1-3-15-30-19-7-5-18(6-8-19)26-24(31)28-22-10-9-21-23(27-22)20(16-25-21)17-11-13-29(4-2)14-12-17/h5-10,16-17,25H,3-4,11-15H2,1-2H3,(H2,26,27,28,31). The van der Waals surface area contributed by atoms with E-state index in [4.69, 9.17) is 21.9 Å². The lowest BCUT2D eigenvalue weighted by molar-refractivity contribution is 0.223. The molecule has 6 nitrogen and oxygen atoms in total. The fraction of sp³-hybridized carbons (Fsp3) is 0.417. The molecule has 0 amide bonds. The van der Waals surface area contributed by atoms with Crippen molar-refractivity contribution in [2.24, 2.45) is 0 Å². The van der Waals surface area contributed by atoms with Crippen LogP contribution in [0.3, 0.4) is 0 Å². The number of nitrogens with one attached hydrogen (secondary N) is 3. The highest BCUT2D eigenvalue weighted by atomic mass is 32.1. The van der Waals surface area contributed by atoms with Gasteiger partial charge in [-0.3, -0.25) is 0 Å². The summed E-state index contributed by atoms with van der Waals surface area (Å²) < 4.78 is 5.63. The number of aromatic amines is 1. The van der Waals surface area contributed by atoms with Crippen molar-refractivity contribution < 1.29 is 4.74 Å². The Hall–Kier alpha value is -2.64. The van der Waals surface area contributed by atoms with Crippen molar-refractivity contribution in [3.05, 3.63) is 48.2 Å². The van der Waals surface area contributed by atoms with Crippen LogP contribution in [0.15, 0.2) is 42.6 Å². The lowest BCUT2D eigenvalue weighted by Crippen LogP contribution is -2.32. The van der Waals surface area contributed by atoms with Gasteiger partial charge in [0.15, 0.2) is 5.11 Å². The molecule has 0 aliphatic carbocycles. The normalized spacial score (nSPS) is 15.2. The zero-order chi connectivity index (χ0) is 21.6. The second-order valence-corrected chi connectivity index (χ2v) is 8.41. The first-order chi connectivity index (χ1) is 15.2. The highest BCUT2D eigenvalue weighted by Crippen LogP contribution is 2.32. The van der Waals surface area contributed by atoms with Crippen LogP contribution in [0.2, 0.25) is 0 Å². The molecule has 2 aromatic heterocycles. The van der Waals surface area contributed by atoms with Gasteiger partial charge in [-0.15, -0.1) is 0 Å². The minimum atomic E-state index is 0.516. The van der Waals surface area contributed by atoms with E-state index in [1.54, 1.807) is 0 Å². The Kier molecular flexibility index (Phi) is 7.04.